The molecule has 0 atom stereocenters. The average Bonchev–Trinajstić information content (AvgIpc) is 3.21. The minimum absolute atomic E-state index is 0.832. The lowest BCUT2D eigenvalue weighted by molar-refractivity contribution is 0.827. The van der Waals surface area contributed by atoms with Gasteiger partial charge in [0, 0.05) is 28.4 Å². The van der Waals surface area contributed by atoms with E-state index in [1.807, 2.05) is 0 Å². The van der Waals surface area contributed by atoms with E-state index >= 15 is 0 Å². The SMILES string of the molecule is CCn1c2ccccc2c2cc(C3CC3)ccc21. The molecule has 0 N–H and O–H groups in total. The van der Waals surface area contributed by atoms with Crippen LogP contribution in [0.15, 0.2) is 42.5 Å². The third-order valence-electron chi connectivity index (χ3n) is 4.16. The molecule has 0 spiro atoms. The first-order chi connectivity index (χ1) is 8.88. The number of para-hydroxylation sites is 1. The Morgan fingerprint density at radius 2 is 1.78 bits per heavy atom. The first-order valence-electron chi connectivity index (χ1n) is 6.89. The zero-order valence-corrected chi connectivity index (χ0v) is 10.7. The summed E-state index contributed by atoms with van der Waals surface area (Å²) in [4.78, 5) is 0. The molecule has 0 unspecified atom stereocenters. The highest BCUT2D eigenvalue weighted by Gasteiger charge is 2.24. The summed E-state index contributed by atoms with van der Waals surface area (Å²) >= 11 is 0. The molecule has 1 heterocycles. The lowest BCUT2D eigenvalue weighted by Crippen LogP contribution is -1.92. The molecule has 1 saturated carbocycles. The Kier molecular flexibility index (Phi) is 2.05. The van der Waals surface area contributed by atoms with Crippen molar-refractivity contribution in [1.82, 2.24) is 4.57 Å². The lowest BCUT2D eigenvalue weighted by atomic mass is 10.1. The molecule has 1 aromatic heterocycles. The van der Waals surface area contributed by atoms with Gasteiger partial charge in [0.2, 0.25) is 0 Å². The Morgan fingerprint density at radius 1 is 1.00 bits per heavy atom. The summed E-state index contributed by atoms with van der Waals surface area (Å²) in [6.07, 6.45) is 2.75. The summed E-state index contributed by atoms with van der Waals surface area (Å²) in [6.45, 7) is 3.26. The minimum Gasteiger partial charge on any atom is -0.341 e. The minimum atomic E-state index is 0.832. The molecular formula is C17H17N. The fourth-order valence-corrected chi connectivity index (χ4v) is 3.08. The summed E-state index contributed by atoms with van der Waals surface area (Å²) in [5, 5.41) is 2.83. The first-order valence-corrected chi connectivity index (χ1v) is 6.89. The number of nitrogens with zero attached hydrogens (tertiary/aromatic N) is 1. The van der Waals surface area contributed by atoms with Crippen molar-refractivity contribution in [2.45, 2.75) is 32.2 Å². The van der Waals surface area contributed by atoms with Gasteiger partial charge in [-0.05, 0) is 49.4 Å². The van der Waals surface area contributed by atoms with E-state index in [1.165, 1.54) is 40.2 Å². The van der Waals surface area contributed by atoms with Crippen LogP contribution >= 0.6 is 0 Å². The molecule has 1 heteroatoms. The van der Waals surface area contributed by atoms with E-state index in [-0.39, 0.29) is 0 Å². The van der Waals surface area contributed by atoms with E-state index < -0.39 is 0 Å². The highest BCUT2D eigenvalue weighted by Crippen LogP contribution is 2.42. The van der Waals surface area contributed by atoms with Crippen molar-refractivity contribution >= 4 is 21.8 Å². The molecule has 1 nitrogen and oxygen atoms in total. The quantitative estimate of drug-likeness (QED) is 0.607. The van der Waals surface area contributed by atoms with Crippen LogP contribution in [0.5, 0.6) is 0 Å². The van der Waals surface area contributed by atoms with Crippen LogP contribution in [0.1, 0.15) is 31.2 Å². The van der Waals surface area contributed by atoms with Gasteiger partial charge in [-0.25, -0.2) is 0 Å². The maximum absolute atomic E-state index is 2.42. The summed E-state index contributed by atoms with van der Waals surface area (Å²) < 4.78 is 2.42. The van der Waals surface area contributed by atoms with Gasteiger partial charge in [-0.2, -0.15) is 0 Å². The van der Waals surface area contributed by atoms with Gasteiger partial charge < -0.3 is 4.57 Å². The van der Waals surface area contributed by atoms with Crippen molar-refractivity contribution in [2.75, 3.05) is 0 Å². The largest absolute Gasteiger partial charge is 0.341 e. The standard InChI is InChI=1S/C17H17N/c1-2-18-16-6-4-3-5-14(16)15-11-13(12-7-8-12)9-10-17(15)18/h3-6,9-12H,2,7-8H2,1H3. The molecule has 2 aromatic carbocycles. The van der Waals surface area contributed by atoms with Crippen LogP contribution in [0.2, 0.25) is 0 Å². The van der Waals surface area contributed by atoms with Crippen LogP contribution in [0, 0.1) is 0 Å². The number of hydrogen-bond acceptors (Lipinski definition) is 0. The Bertz CT molecular complexity index is 732. The van der Waals surface area contributed by atoms with Crippen LogP contribution in [-0.4, -0.2) is 4.57 Å². The predicted octanol–water partition coefficient (Wildman–Crippen LogP) is 4.69. The number of aromatic nitrogens is 1. The second kappa shape index (κ2) is 3.61. The van der Waals surface area contributed by atoms with Gasteiger partial charge in [-0.3, -0.25) is 0 Å². The number of benzene rings is 2. The molecule has 3 aromatic rings. The van der Waals surface area contributed by atoms with E-state index in [4.69, 9.17) is 0 Å². The molecule has 1 aliphatic rings. The Balaban J connectivity index is 2.12. The van der Waals surface area contributed by atoms with E-state index in [2.05, 4.69) is 54.0 Å². The molecule has 0 saturated heterocycles. The molecule has 4 rings (SSSR count). The molecule has 0 aliphatic heterocycles. The monoisotopic (exact) mass is 235 g/mol. The van der Waals surface area contributed by atoms with E-state index in [0.29, 0.717) is 0 Å². The molecule has 0 amide bonds. The molecule has 1 fully saturated rings. The maximum atomic E-state index is 2.42. The van der Waals surface area contributed by atoms with Crippen molar-refractivity contribution in [2.24, 2.45) is 0 Å². The molecule has 90 valence electrons. The number of fused-ring (bicyclic) bond motifs is 3. The van der Waals surface area contributed by atoms with Crippen molar-refractivity contribution in [3.8, 4) is 0 Å². The van der Waals surface area contributed by atoms with Crippen molar-refractivity contribution < 1.29 is 0 Å². The van der Waals surface area contributed by atoms with Crippen LogP contribution in [0.3, 0.4) is 0 Å². The highest BCUT2D eigenvalue weighted by molar-refractivity contribution is 6.08. The third-order valence-corrected chi connectivity index (χ3v) is 4.16. The Hall–Kier alpha value is -1.76. The Labute approximate surface area is 107 Å². The van der Waals surface area contributed by atoms with Gasteiger partial charge >= 0.3 is 0 Å². The van der Waals surface area contributed by atoms with Gasteiger partial charge in [0.05, 0.1) is 0 Å². The second-order valence-electron chi connectivity index (χ2n) is 5.31. The predicted molar refractivity (Wildman–Crippen MR) is 77.1 cm³/mol. The van der Waals surface area contributed by atoms with Gasteiger partial charge in [0.15, 0.2) is 0 Å². The number of rotatable bonds is 2. The van der Waals surface area contributed by atoms with Gasteiger partial charge in [-0.15, -0.1) is 0 Å². The summed E-state index contributed by atoms with van der Waals surface area (Å²) in [5.74, 6) is 0.832. The van der Waals surface area contributed by atoms with Crippen molar-refractivity contribution in [1.29, 1.82) is 0 Å². The fourth-order valence-electron chi connectivity index (χ4n) is 3.08. The van der Waals surface area contributed by atoms with Crippen LogP contribution in [0.4, 0.5) is 0 Å². The number of hydrogen-bond donors (Lipinski definition) is 0. The summed E-state index contributed by atoms with van der Waals surface area (Å²) in [5.41, 5.74) is 4.27. The van der Waals surface area contributed by atoms with Crippen LogP contribution < -0.4 is 0 Å². The van der Waals surface area contributed by atoms with Gasteiger partial charge in [0.1, 0.15) is 0 Å². The first kappa shape index (κ1) is 10.2. The van der Waals surface area contributed by atoms with Crippen LogP contribution in [0.25, 0.3) is 21.8 Å². The summed E-state index contributed by atoms with van der Waals surface area (Å²) in [6, 6.07) is 15.8. The molecule has 1 aliphatic carbocycles. The van der Waals surface area contributed by atoms with Gasteiger partial charge in [0.25, 0.3) is 0 Å². The highest BCUT2D eigenvalue weighted by atomic mass is 15.0. The van der Waals surface area contributed by atoms with E-state index in [0.717, 1.165) is 12.5 Å². The Morgan fingerprint density at radius 3 is 2.56 bits per heavy atom. The van der Waals surface area contributed by atoms with Crippen molar-refractivity contribution in [3.05, 3.63) is 48.0 Å². The van der Waals surface area contributed by atoms with E-state index in [9.17, 15) is 0 Å². The third kappa shape index (κ3) is 1.34. The van der Waals surface area contributed by atoms with Crippen molar-refractivity contribution in [3.63, 3.8) is 0 Å². The molecule has 0 bridgehead atoms. The number of aryl methyl sites for hydroxylation is 1. The zero-order valence-electron chi connectivity index (χ0n) is 10.7. The summed E-state index contributed by atoms with van der Waals surface area (Å²) in [7, 11) is 0. The molecule has 0 radical (unpaired) electrons. The normalized spacial score (nSPS) is 15.6. The fraction of sp³-hybridized carbons (Fsp3) is 0.294. The lowest BCUT2D eigenvalue weighted by Gasteiger charge is -2.03. The second-order valence-corrected chi connectivity index (χ2v) is 5.31. The topological polar surface area (TPSA) is 4.93 Å². The average molecular weight is 235 g/mol. The maximum Gasteiger partial charge on any atom is 0.0491 e. The molecular weight excluding hydrogens is 218 g/mol. The van der Waals surface area contributed by atoms with Crippen LogP contribution in [-0.2, 0) is 6.54 Å². The van der Waals surface area contributed by atoms with Gasteiger partial charge in [-0.1, -0.05) is 24.3 Å². The smallest absolute Gasteiger partial charge is 0.0491 e. The zero-order chi connectivity index (χ0) is 12.1. The van der Waals surface area contributed by atoms with E-state index in [1.54, 1.807) is 0 Å². The molecule has 18 heavy (non-hydrogen) atoms.